The Bertz CT molecular complexity index is 312. The van der Waals surface area contributed by atoms with Crippen molar-refractivity contribution in [2.75, 3.05) is 0 Å². The fourth-order valence-corrected chi connectivity index (χ4v) is 1.29. The minimum Gasteiger partial charge on any atom is -0.478 e. The van der Waals surface area contributed by atoms with Gasteiger partial charge in [0, 0.05) is 6.08 Å². The predicted molar refractivity (Wildman–Crippen MR) is 68.4 cm³/mol. The van der Waals surface area contributed by atoms with Crippen LogP contribution in [0.15, 0.2) is 34.9 Å². The van der Waals surface area contributed by atoms with Crippen LogP contribution in [0.5, 0.6) is 0 Å². The third-order valence-electron chi connectivity index (χ3n) is 2.12. The fourth-order valence-electron chi connectivity index (χ4n) is 1.29. The molecule has 0 aromatic carbocycles. The Morgan fingerprint density at radius 1 is 1.06 bits per heavy atom. The van der Waals surface area contributed by atoms with Gasteiger partial charge in [0.1, 0.15) is 0 Å². The minimum absolute atomic E-state index is 0.741. The molecule has 0 aliphatic heterocycles. The zero-order valence-electron chi connectivity index (χ0n) is 10.7. The van der Waals surface area contributed by atoms with Gasteiger partial charge in [-0.05, 0) is 47.0 Å². The normalized spacial score (nSPS) is 10.9. The van der Waals surface area contributed by atoms with Gasteiger partial charge in [-0.3, -0.25) is 0 Å². The summed E-state index contributed by atoms with van der Waals surface area (Å²) in [6.45, 7) is 8.15. The molecule has 0 aliphatic rings. The Hall–Kier alpha value is -1.31. The first-order chi connectivity index (χ1) is 7.41. The first-order valence-corrected chi connectivity index (χ1v) is 5.61. The van der Waals surface area contributed by atoms with E-state index in [2.05, 4.69) is 26.0 Å². The van der Waals surface area contributed by atoms with Crippen LogP contribution >= 0.6 is 0 Å². The third-order valence-corrected chi connectivity index (χ3v) is 2.12. The molecule has 0 bridgehead atoms. The average molecular weight is 222 g/mol. The molecule has 16 heavy (non-hydrogen) atoms. The third kappa shape index (κ3) is 9.25. The van der Waals surface area contributed by atoms with E-state index in [1.807, 2.05) is 13.8 Å². The molecule has 2 nitrogen and oxygen atoms in total. The minimum atomic E-state index is -0.852. The molecular weight excluding hydrogens is 200 g/mol. The van der Waals surface area contributed by atoms with Gasteiger partial charge in [0.05, 0.1) is 0 Å². The van der Waals surface area contributed by atoms with E-state index in [0.29, 0.717) is 0 Å². The quantitative estimate of drug-likeness (QED) is 0.542. The van der Waals surface area contributed by atoms with Gasteiger partial charge in [-0.2, -0.15) is 0 Å². The van der Waals surface area contributed by atoms with Crippen LogP contribution in [-0.4, -0.2) is 11.1 Å². The number of hydrogen-bond donors (Lipinski definition) is 1. The number of allylic oxidation sites excluding steroid dienone is 5. The lowest BCUT2D eigenvalue weighted by atomic mass is 10.0. The Labute approximate surface area is 98.4 Å². The van der Waals surface area contributed by atoms with Crippen LogP contribution in [0.1, 0.15) is 47.0 Å². The van der Waals surface area contributed by atoms with Crippen LogP contribution in [0.2, 0.25) is 0 Å². The molecule has 0 heterocycles. The maximum absolute atomic E-state index is 10.6. The number of hydrogen-bond acceptors (Lipinski definition) is 1. The fraction of sp³-hybridized carbons (Fsp3) is 0.500. The lowest BCUT2D eigenvalue weighted by Gasteiger charge is -2.02. The summed E-state index contributed by atoms with van der Waals surface area (Å²) in [5.41, 5.74) is 3.47. The number of aliphatic carboxylic acids is 1. The largest absolute Gasteiger partial charge is 0.478 e. The zero-order chi connectivity index (χ0) is 12.6. The van der Waals surface area contributed by atoms with Crippen LogP contribution in [-0.2, 0) is 4.79 Å². The molecule has 0 rings (SSSR count). The van der Waals surface area contributed by atoms with Crippen LogP contribution in [0, 0.1) is 0 Å². The van der Waals surface area contributed by atoms with Crippen molar-refractivity contribution in [3.05, 3.63) is 34.9 Å². The number of carboxylic acid groups (broad SMARTS) is 1. The van der Waals surface area contributed by atoms with E-state index in [1.165, 1.54) is 17.2 Å². The van der Waals surface area contributed by atoms with E-state index in [-0.39, 0.29) is 0 Å². The Kier molecular flexibility index (Phi) is 7.27. The molecule has 0 fully saturated rings. The van der Waals surface area contributed by atoms with Crippen LogP contribution in [0.25, 0.3) is 0 Å². The summed E-state index contributed by atoms with van der Waals surface area (Å²) in [5.74, 6) is -0.852. The monoisotopic (exact) mass is 222 g/mol. The Morgan fingerprint density at radius 2 is 1.62 bits per heavy atom. The molecule has 0 saturated heterocycles. The van der Waals surface area contributed by atoms with Crippen LogP contribution in [0.3, 0.4) is 0 Å². The standard InChI is InChI=1S/C14H22O2/c1-11(2)6-5-7-13(10-14(15)16)9-8-12(3)4/h6,8,10H,5,7,9H2,1-4H3,(H,15,16). The van der Waals surface area contributed by atoms with Gasteiger partial charge in [0.2, 0.25) is 0 Å². The van der Waals surface area contributed by atoms with Gasteiger partial charge in [-0.1, -0.05) is 28.9 Å². The smallest absolute Gasteiger partial charge is 0.328 e. The molecule has 0 aliphatic carbocycles. The summed E-state index contributed by atoms with van der Waals surface area (Å²) < 4.78 is 0. The Morgan fingerprint density at radius 3 is 2.06 bits per heavy atom. The molecule has 0 atom stereocenters. The molecule has 0 spiro atoms. The average Bonchev–Trinajstić information content (AvgIpc) is 2.12. The molecular formula is C14H22O2. The second kappa shape index (κ2) is 7.91. The van der Waals surface area contributed by atoms with Crippen molar-refractivity contribution in [3.8, 4) is 0 Å². The highest BCUT2D eigenvalue weighted by Gasteiger charge is 1.98. The van der Waals surface area contributed by atoms with Gasteiger partial charge in [0.25, 0.3) is 0 Å². The maximum Gasteiger partial charge on any atom is 0.328 e. The molecule has 0 aromatic rings. The van der Waals surface area contributed by atoms with E-state index in [4.69, 9.17) is 5.11 Å². The predicted octanol–water partition coefficient (Wildman–Crippen LogP) is 4.10. The van der Waals surface area contributed by atoms with E-state index < -0.39 is 5.97 Å². The van der Waals surface area contributed by atoms with E-state index in [9.17, 15) is 4.79 Å². The molecule has 1 N–H and O–H groups in total. The van der Waals surface area contributed by atoms with Crippen molar-refractivity contribution in [3.63, 3.8) is 0 Å². The van der Waals surface area contributed by atoms with E-state index in [0.717, 1.165) is 24.8 Å². The topological polar surface area (TPSA) is 37.3 Å². The molecule has 2 heteroatoms. The Balaban J connectivity index is 4.39. The van der Waals surface area contributed by atoms with Crippen molar-refractivity contribution in [1.82, 2.24) is 0 Å². The maximum atomic E-state index is 10.6. The van der Waals surface area contributed by atoms with Crippen molar-refractivity contribution >= 4 is 5.97 Å². The number of rotatable bonds is 6. The first kappa shape index (κ1) is 14.7. The molecule has 90 valence electrons. The van der Waals surface area contributed by atoms with Crippen molar-refractivity contribution in [1.29, 1.82) is 0 Å². The molecule has 0 saturated carbocycles. The van der Waals surface area contributed by atoms with Crippen molar-refractivity contribution < 1.29 is 9.90 Å². The number of carboxylic acids is 1. The van der Waals surface area contributed by atoms with Crippen molar-refractivity contribution in [2.45, 2.75) is 47.0 Å². The highest BCUT2D eigenvalue weighted by molar-refractivity contribution is 5.80. The zero-order valence-corrected chi connectivity index (χ0v) is 10.7. The lowest BCUT2D eigenvalue weighted by molar-refractivity contribution is -0.131. The summed E-state index contributed by atoms with van der Waals surface area (Å²) in [6.07, 6.45) is 8.01. The summed E-state index contributed by atoms with van der Waals surface area (Å²) in [4.78, 5) is 10.6. The van der Waals surface area contributed by atoms with E-state index >= 15 is 0 Å². The van der Waals surface area contributed by atoms with Gasteiger partial charge in [-0.15, -0.1) is 0 Å². The SMILES string of the molecule is CC(C)=CCCC(=CC(=O)O)CC=C(C)C. The summed E-state index contributed by atoms with van der Waals surface area (Å²) >= 11 is 0. The van der Waals surface area contributed by atoms with Gasteiger partial charge in [0.15, 0.2) is 0 Å². The molecule has 0 unspecified atom stereocenters. The van der Waals surface area contributed by atoms with Gasteiger partial charge < -0.3 is 5.11 Å². The highest BCUT2D eigenvalue weighted by Crippen LogP contribution is 2.13. The summed E-state index contributed by atoms with van der Waals surface area (Å²) in [5, 5.41) is 8.75. The highest BCUT2D eigenvalue weighted by atomic mass is 16.4. The van der Waals surface area contributed by atoms with Crippen LogP contribution < -0.4 is 0 Å². The van der Waals surface area contributed by atoms with Gasteiger partial charge >= 0.3 is 5.97 Å². The summed E-state index contributed by atoms with van der Waals surface area (Å²) in [6, 6.07) is 0. The van der Waals surface area contributed by atoms with Gasteiger partial charge in [-0.25, -0.2) is 4.79 Å². The second-order valence-corrected chi connectivity index (χ2v) is 4.45. The molecule has 0 radical (unpaired) electrons. The summed E-state index contributed by atoms with van der Waals surface area (Å²) in [7, 11) is 0. The lowest BCUT2D eigenvalue weighted by Crippen LogP contribution is -1.92. The molecule has 0 amide bonds. The van der Waals surface area contributed by atoms with Crippen LogP contribution in [0.4, 0.5) is 0 Å². The van der Waals surface area contributed by atoms with E-state index in [1.54, 1.807) is 0 Å². The second-order valence-electron chi connectivity index (χ2n) is 4.45. The van der Waals surface area contributed by atoms with Crippen molar-refractivity contribution in [2.24, 2.45) is 0 Å². The molecule has 0 aromatic heterocycles. The first-order valence-electron chi connectivity index (χ1n) is 5.61. The number of carbonyl (C=O) groups is 1.